The first-order valence-corrected chi connectivity index (χ1v) is 5.53. The van der Waals surface area contributed by atoms with E-state index < -0.39 is 0 Å². The molecule has 0 bridgehead atoms. The molecule has 74 valence electrons. The van der Waals surface area contributed by atoms with Gasteiger partial charge in [0.05, 0.1) is 0 Å². The molecule has 14 heavy (non-hydrogen) atoms. The summed E-state index contributed by atoms with van der Waals surface area (Å²) < 4.78 is 0. The molecule has 0 spiro atoms. The molecule has 0 radical (unpaired) electrons. The largest absolute Gasteiger partial charge is 0.103 e. The lowest BCUT2D eigenvalue weighted by Gasteiger charge is -2.02. The Morgan fingerprint density at radius 2 is 1.79 bits per heavy atom. The molecule has 1 aromatic rings. The van der Waals surface area contributed by atoms with E-state index in [1.807, 2.05) is 6.92 Å². The summed E-state index contributed by atoms with van der Waals surface area (Å²) in [5, 5.41) is 2.15. The monoisotopic (exact) mass is 204 g/mol. The second-order valence-electron chi connectivity index (χ2n) is 3.49. The van der Waals surface area contributed by atoms with Gasteiger partial charge in [-0.15, -0.1) is 11.8 Å². The molecule has 0 heterocycles. The van der Waals surface area contributed by atoms with Gasteiger partial charge in [0.2, 0.25) is 0 Å². The number of rotatable bonds is 3. The molecular formula is C13H16S. The summed E-state index contributed by atoms with van der Waals surface area (Å²) in [4.78, 5) is 1.12. The Kier molecular flexibility index (Phi) is 4.02. The fourth-order valence-electron chi connectivity index (χ4n) is 1.07. The minimum Gasteiger partial charge on any atom is -0.103 e. The highest BCUT2D eigenvalue weighted by molar-refractivity contribution is 8.05. The molecule has 1 heteroatoms. The zero-order valence-electron chi connectivity index (χ0n) is 9.00. The Morgan fingerprint density at radius 1 is 1.21 bits per heavy atom. The van der Waals surface area contributed by atoms with Gasteiger partial charge < -0.3 is 0 Å². The van der Waals surface area contributed by atoms with Crippen molar-refractivity contribution >= 4 is 17.3 Å². The summed E-state index contributed by atoms with van der Waals surface area (Å²) >= 11 is 1.68. The van der Waals surface area contributed by atoms with Crippen LogP contribution in [0, 0.1) is 6.92 Å². The van der Waals surface area contributed by atoms with Crippen LogP contribution in [0.3, 0.4) is 0 Å². The molecule has 0 aliphatic carbocycles. The zero-order chi connectivity index (χ0) is 10.6. The predicted octanol–water partition coefficient (Wildman–Crippen LogP) is 4.62. The van der Waals surface area contributed by atoms with Crippen LogP contribution in [0.4, 0.5) is 0 Å². The van der Waals surface area contributed by atoms with Gasteiger partial charge in [0, 0.05) is 0 Å². The third-order valence-corrected chi connectivity index (χ3v) is 2.82. The Bertz CT molecular complexity index is 344. The molecule has 1 aromatic carbocycles. The van der Waals surface area contributed by atoms with Gasteiger partial charge in [0.15, 0.2) is 0 Å². The minimum absolute atomic E-state index is 1.12. The van der Waals surface area contributed by atoms with E-state index in [9.17, 15) is 0 Å². The normalized spacial score (nSPS) is 11.5. The van der Waals surface area contributed by atoms with E-state index in [1.165, 1.54) is 16.7 Å². The molecule has 1 rings (SSSR count). The number of allylic oxidation sites excluding steroid dienone is 2. The van der Waals surface area contributed by atoms with Crippen molar-refractivity contribution in [1.82, 2.24) is 0 Å². The molecule has 0 unspecified atom stereocenters. The topological polar surface area (TPSA) is 0 Å². The molecule has 0 saturated heterocycles. The van der Waals surface area contributed by atoms with Crippen molar-refractivity contribution in [1.29, 1.82) is 0 Å². The van der Waals surface area contributed by atoms with Crippen molar-refractivity contribution in [3.05, 3.63) is 52.3 Å². The van der Waals surface area contributed by atoms with Gasteiger partial charge in [0.25, 0.3) is 0 Å². The maximum Gasteiger partial charge on any atom is -0.0210 e. The minimum atomic E-state index is 1.12. The summed E-state index contributed by atoms with van der Waals surface area (Å²) in [6, 6.07) is 8.58. The highest BCUT2D eigenvalue weighted by atomic mass is 32.2. The van der Waals surface area contributed by atoms with Crippen LogP contribution in [0.2, 0.25) is 0 Å². The molecule has 0 atom stereocenters. The number of benzene rings is 1. The fourth-order valence-corrected chi connectivity index (χ4v) is 1.59. The van der Waals surface area contributed by atoms with E-state index >= 15 is 0 Å². The first-order valence-electron chi connectivity index (χ1n) is 4.65. The molecule has 0 aliphatic heterocycles. The van der Waals surface area contributed by atoms with Crippen LogP contribution >= 0.6 is 11.8 Å². The summed E-state index contributed by atoms with van der Waals surface area (Å²) in [6.07, 6.45) is 0. The van der Waals surface area contributed by atoms with E-state index in [0.29, 0.717) is 0 Å². The molecular weight excluding hydrogens is 188 g/mol. The van der Waals surface area contributed by atoms with Crippen molar-refractivity contribution < 1.29 is 0 Å². The summed E-state index contributed by atoms with van der Waals surface area (Å²) in [6.45, 7) is 10.1. The van der Waals surface area contributed by atoms with E-state index in [4.69, 9.17) is 0 Å². The lowest BCUT2D eigenvalue weighted by Crippen LogP contribution is -1.79. The molecule has 0 amide bonds. The molecule has 0 fully saturated rings. The maximum atomic E-state index is 3.85. The second kappa shape index (κ2) is 5.06. The zero-order valence-corrected chi connectivity index (χ0v) is 9.82. The molecule has 0 aliphatic rings. The summed E-state index contributed by atoms with van der Waals surface area (Å²) in [5.74, 6) is 0. The van der Waals surface area contributed by atoms with Gasteiger partial charge in [-0.2, -0.15) is 0 Å². The van der Waals surface area contributed by atoms with Crippen LogP contribution in [-0.2, 0) is 0 Å². The highest BCUT2D eigenvalue weighted by Crippen LogP contribution is 2.22. The fraction of sp³-hybridized carbons (Fsp3) is 0.231. The van der Waals surface area contributed by atoms with Gasteiger partial charge >= 0.3 is 0 Å². The van der Waals surface area contributed by atoms with Crippen LogP contribution in [0.5, 0.6) is 0 Å². The van der Waals surface area contributed by atoms with Gasteiger partial charge in [0.1, 0.15) is 0 Å². The van der Waals surface area contributed by atoms with Crippen LogP contribution in [0.1, 0.15) is 25.0 Å². The Balaban J connectivity index is 2.78. The van der Waals surface area contributed by atoms with E-state index in [1.54, 1.807) is 11.8 Å². The first-order chi connectivity index (χ1) is 6.59. The van der Waals surface area contributed by atoms with Crippen LogP contribution in [0.25, 0.3) is 5.57 Å². The third kappa shape index (κ3) is 3.43. The van der Waals surface area contributed by atoms with Gasteiger partial charge in [-0.25, -0.2) is 0 Å². The van der Waals surface area contributed by atoms with Crippen molar-refractivity contribution in [3.63, 3.8) is 0 Å². The van der Waals surface area contributed by atoms with E-state index in [-0.39, 0.29) is 0 Å². The maximum absolute atomic E-state index is 3.85. The summed E-state index contributed by atoms with van der Waals surface area (Å²) in [5.41, 5.74) is 3.87. The van der Waals surface area contributed by atoms with Crippen molar-refractivity contribution in [2.75, 3.05) is 0 Å². The standard InChI is InChI=1S/C13H16S/c1-10(2)14-9-12(4)13-7-5-11(3)6-8-13/h5-9H,1H2,2-4H3/b12-9+. The van der Waals surface area contributed by atoms with Crippen LogP contribution < -0.4 is 0 Å². The average molecular weight is 204 g/mol. The smallest absolute Gasteiger partial charge is 0.0210 e. The van der Waals surface area contributed by atoms with Gasteiger partial charge in [-0.1, -0.05) is 36.4 Å². The second-order valence-corrected chi connectivity index (χ2v) is 4.66. The molecule has 0 nitrogen and oxygen atoms in total. The SMILES string of the molecule is C=C(C)S/C=C(\C)c1ccc(C)cc1. The quantitative estimate of drug-likeness (QED) is 0.692. The van der Waals surface area contributed by atoms with Crippen LogP contribution in [0.15, 0.2) is 41.2 Å². The lowest BCUT2D eigenvalue weighted by molar-refractivity contribution is 1.45. The third-order valence-electron chi connectivity index (χ3n) is 1.94. The lowest BCUT2D eigenvalue weighted by atomic mass is 10.1. The van der Waals surface area contributed by atoms with E-state index in [0.717, 1.165) is 4.91 Å². The Labute approximate surface area is 90.7 Å². The molecule has 0 aromatic heterocycles. The number of aryl methyl sites for hydroxylation is 1. The number of thioether (sulfide) groups is 1. The van der Waals surface area contributed by atoms with Crippen molar-refractivity contribution in [2.24, 2.45) is 0 Å². The van der Waals surface area contributed by atoms with Gasteiger partial charge in [-0.05, 0) is 42.2 Å². The summed E-state index contributed by atoms with van der Waals surface area (Å²) in [7, 11) is 0. The Hall–Kier alpha value is -0.950. The molecule has 0 saturated carbocycles. The number of hydrogen-bond acceptors (Lipinski definition) is 1. The molecule has 0 N–H and O–H groups in total. The predicted molar refractivity (Wildman–Crippen MR) is 67.2 cm³/mol. The Morgan fingerprint density at radius 3 is 2.29 bits per heavy atom. The first kappa shape index (κ1) is 11.1. The van der Waals surface area contributed by atoms with Crippen LogP contribution in [-0.4, -0.2) is 0 Å². The van der Waals surface area contributed by atoms with E-state index in [2.05, 4.69) is 50.1 Å². The van der Waals surface area contributed by atoms with Gasteiger partial charge in [-0.3, -0.25) is 0 Å². The average Bonchev–Trinajstić information content (AvgIpc) is 2.15. The van der Waals surface area contributed by atoms with Crippen molar-refractivity contribution in [2.45, 2.75) is 20.8 Å². The highest BCUT2D eigenvalue weighted by Gasteiger charge is 1.94. The number of hydrogen-bond donors (Lipinski definition) is 0. The van der Waals surface area contributed by atoms with Crippen molar-refractivity contribution in [3.8, 4) is 0 Å².